The van der Waals surface area contributed by atoms with E-state index in [4.69, 9.17) is 25.8 Å². The fraction of sp³-hybridized carbons (Fsp3) is 0.565. The van der Waals surface area contributed by atoms with Gasteiger partial charge >= 0.3 is 0 Å². The summed E-state index contributed by atoms with van der Waals surface area (Å²) in [5, 5.41) is 7.95. The zero-order valence-electron chi connectivity index (χ0n) is 19.1. The van der Waals surface area contributed by atoms with Crippen molar-refractivity contribution < 1.29 is 14.2 Å². The normalized spacial score (nSPS) is 19.9. The Morgan fingerprint density at radius 3 is 2.70 bits per heavy atom. The third-order valence-corrected chi connectivity index (χ3v) is 7.59. The Bertz CT molecular complexity index is 991. The molecule has 0 saturated carbocycles. The molecule has 1 N–H and O–H groups in total. The van der Waals surface area contributed by atoms with Gasteiger partial charge in [0.1, 0.15) is 5.02 Å². The Morgan fingerprint density at radius 1 is 1.21 bits per heavy atom. The first kappa shape index (κ1) is 24.2. The number of benzene rings is 1. The van der Waals surface area contributed by atoms with Crippen LogP contribution in [0.1, 0.15) is 31.7 Å². The van der Waals surface area contributed by atoms with Crippen LogP contribution in [0.25, 0.3) is 0 Å². The van der Waals surface area contributed by atoms with Gasteiger partial charge < -0.3 is 19.5 Å². The van der Waals surface area contributed by atoms with E-state index in [1.807, 2.05) is 18.2 Å². The number of piperidine rings is 1. The molecular formula is C23H31ClN4O4S. The van der Waals surface area contributed by atoms with Crippen LogP contribution in [0.4, 0.5) is 5.69 Å². The highest BCUT2D eigenvalue weighted by Crippen LogP contribution is 2.35. The van der Waals surface area contributed by atoms with E-state index in [1.165, 1.54) is 0 Å². The molecule has 4 rings (SSSR count). The fourth-order valence-electron chi connectivity index (χ4n) is 4.25. The van der Waals surface area contributed by atoms with Crippen LogP contribution in [-0.2, 0) is 4.74 Å². The Labute approximate surface area is 203 Å². The molecule has 0 aliphatic carbocycles. The summed E-state index contributed by atoms with van der Waals surface area (Å²) in [7, 11) is 3.27. The molecule has 2 aromatic rings. The number of aromatic nitrogens is 2. The molecule has 2 aliphatic rings. The van der Waals surface area contributed by atoms with E-state index in [0.29, 0.717) is 23.1 Å². The van der Waals surface area contributed by atoms with Gasteiger partial charge in [-0.05, 0) is 61.7 Å². The predicted molar refractivity (Wildman–Crippen MR) is 131 cm³/mol. The third kappa shape index (κ3) is 5.95. The highest BCUT2D eigenvalue weighted by Gasteiger charge is 2.25. The predicted octanol–water partition coefficient (Wildman–Crippen LogP) is 4.10. The molecule has 1 atom stereocenters. The first-order valence-electron chi connectivity index (χ1n) is 11.3. The van der Waals surface area contributed by atoms with Crippen molar-refractivity contribution in [3.05, 3.63) is 39.8 Å². The quantitative estimate of drug-likeness (QED) is 0.550. The molecule has 0 bridgehead atoms. The standard InChI is InChI=1S/C23H31ClN4O4S/c1-30-20-6-5-18(12-21(20)31-2)33-27-9-7-17(8-10-27)28-23(29)22(24)19(14-26-28)25-13-16-4-3-11-32-15-16/h5-6,12,14,16-17,25H,3-4,7-11,13,15H2,1-2H3. The van der Waals surface area contributed by atoms with Crippen molar-refractivity contribution in [1.29, 1.82) is 0 Å². The van der Waals surface area contributed by atoms with E-state index in [0.717, 1.165) is 63.4 Å². The van der Waals surface area contributed by atoms with Gasteiger partial charge in [-0.15, -0.1) is 0 Å². The molecule has 180 valence electrons. The molecule has 0 spiro atoms. The van der Waals surface area contributed by atoms with Crippen molar-refractivity contribution in [2.45, 2.75) is 36.6 Å². The second kappa shape index (κ2) is 11.5. The lowest BCUT2D eigenvalue weighted by Crippen LogP contribution is -2.36. The summed E-state index contributed by atoms with van der Waals surface area (Å²) in [6.45, 7) is 4.00. The molecule has 0 radical (unpaired) electrons. The van der Waals surface area contributed by atoms with E-state index >= 15 is 0 Å². The first-order chi connectivity index (χ1) is 16.1. The number of halogens is 1. The Morgan fingerprint density at radius 2 is 2.00 bits per heavy atom. The highest BCUT2D eigenvalue weighted by molar-refractivity contribution is 7.97. The Kier molecular flexibility index (Phi) is 8.40. The summed E-state index contributed by atoms with van der Waals surface area (Å²) in [6.07, 6.45) is 5.53. The zero-order valence-corrected chi connectivity index (χ0v) is 20.7. The Hall–Kier alpha value is -1.94. The maximum atomic E-state index is 12.9. The van der Waals surface area contributed by atoms with Crippen molar-refractivity contribution in [3.63, 3.8) is 0 Å². The molecule has 33 heavy (non-hydrogen) atoms. The van der Waals surface area contributed by atoms with Crippen LogP contribution in [0.15, 0.2) is 34.1 Å². The summed E-state index contributed by atoms with van der Waals surface area (Å²) < 4.78 is 20.1. The summed E-state index contributed by atoms with van der Waals surface area (Å²) in [5.41, 5.74) is 0.373. The van der Waals surface area contributed by atoms with E-state index in [-0.39, 0.29) is 16.6 Å². The summed E-state index contributed by atoms with van der Waals surface area (Å²) in [6, 6.07) is 5.95. The number of nitrogens with one attached hydrogen (secondary N) is 1. The topological polar surface area (TPSA) is 77.9 Å². The van der Waals surface area contributed by atoms with Crippen LogP contribution in [-0.4, -0.2) is 61.2 Å². The van der Waals surface area contributed by atoms with Crippen molar-refractivity contribution in [3.8, 4) is 11.5 Å². The van der Waals surface area contributed by atoms with Gasteiger partial charge in [0.15, 0.2) is 11.5 Å². The van der Waals surface area contributed by atoms with Gasteiger partial charge in [-0.3, -0.25) is 4.79 Å². The number of hydrogen-bond acceptors (Lipinski definition) is 8. The molecule has 3 heterocycles. The van der Waals surface area contributed by atoms with Gasteiger partial charge in [0, 0.05) is 31.1 Å². The SMILES string of the molecule is COc1ccc(SN2CCC(n3ncc(NCC4CCCOC4)c(Cl)c3=O)CC2)cc1OC. The van der Waals surface area contributed by atoms with E-state index in [1.54, 1.807) is 37.0 Å². The molecule has 0 amide bonds. The minimum absolute atomic E-state index is 0.0399. The Balaban J connectivity index is 1.33. The maximum Gasteiger partial charge on any atom is 0.287 e. The maximum absolute atomic E-state index is 12.9. The third-order valence-electron chi connectivity index (χ3n) is 6.14. The molecule has 2 saturated heterocycles. The molecule has 8 nitrogen and oxygen atoms in total. The van der Waals surface area contributed by atoms with Gasteiger partial charge in [-0.1, -0.05) is 11.6 Å². The average molecular weight is 495 g/mol. The number of anilines is 1. The zero-order chi connectivity index (χ0) is 23.2. The number of hydrogen-bond donors (Lipinski definition) is 1. The fourth-order valence-corrected chi connectivity index (χ4v) is 5.43. The summed E-state index contributed by atoms with van der Waals surface area (Å²) in [5.74, 6) is 1.87. The van der Waals surface area contributed by atoms with Gasteiger partial charge in [0.2, 0.25) is 0 Å². The number of rotatable bonds is 8. The number of nitrogens with zero attached hydrogens (tertiary/aromatic N) is 3. The van der Waals surface area contributed by atoms with Crippen LogP contribution in [0.2, 0.25) is 5.02 Å². The van der Waals surface area contributed by atoms with Gasteiger partial charge in [0.25, 0.3) is 5.56 Å². The lowest BCUT2D eigenvalue weighted by molar-refractivity contribution is 0.0595. The molecule has 10 heteroatoms. The average Bonchev–Trinajstić information content (AvgIpc) is 2.86. The minimum Gasteiger partial charge on any atom is -0.493 e. The van der Waals surface area contributed by atoms with Crippen molar-refractivity contribution >= 4 is 29.2 Å². The van der Waals surface area contributed by atoms with Crippen LogP contribution in [0, 0.1) is 5.92 Å². The van der Waals surface area contributed by atoms with Crippen LogP contribution < -0.4 is 20.3 Å². The minimum atomic E-state index is -0.229. The summed E-state index contributed by atoms with van der Waals surface area (Å²) >= 11 is 8.10. The van der Waals surface area contributed by atoms with Gasteiger partial charge in [-0.25, -0.2) is 8.99 Å². The number of methoxy groups -OCH3 is 2. The van der Waals surface area contributed by atoms with Crippen molar-refractivity contribution in [1.82, 2.24) is 14.1 Å². The molecule has 1 aromatic heterocycles. The van der Waals surface area contributed by atoms with Gasteiger partial charge in [-0.2, -0.15) is 5.10 Å². The lowest BCUT2D eigenvalue weighted by atomic mass is 10.0. The van der Waals surface area contributed by atoms with Crippen LogP contribution in [0.3, 0.4) is 0 Å². The first-order valence-corrected chi connectivity index (χ1v) is 12.5. The van der Waals surface area contributed by atoms with Gasteiger partial charge in [0.05, 0.1) is 38.8 Å². The summed E-state index contributed by atoms with van der Waals surface area (Å²) in [4.78, 5) is 14.0. The second-order valence-electron chi connectivity index (χ2n) is 8.35. The van der Waals surface area contributed by atoms with Crippen molar-refractivity contribution in [2.24, 2.45) is 5.92 Å². The molecule has 2 fully saturated rings. The van der Waals surface area contributed by atoms with E-state index in [9.17, 15) is 4.79 Å². The smallest absolute Gasteiger partial charge is 0.287 e. The highest BCUT2D eigenvalue weighted by atomic mass is 35.5. The number of ether oxygens (including phenoxy) is 3. The molecule has 1 aromatic carbocycles. The molecular weight excluding hydrogens is 464 g/mol. The van der Waals surface area contributed by atoms with Crippen LogP contribution >= 0.6 is 23.5 Å². The largest absolute Gasteiger partial charge is 0.493 e. The second-order valence-corrected chi connectivity index (χ2v) is 9.90. The monoisotopic (exact) mass is 494 g/mol. The molecule has 2 aliphatic heterocycles. The van der Waals surface area contributed by atoms with E-state index < -0.39 is 0 Å². The van der Waals surface area contributed by atoms with Crippen LogP contribution in [0.5, 0.6) is 11.5 Å². The lowest BCUT2D eigenvalue weighted by Gasteiger charge is -2.31. The molecule has 1 unspecified atom stereocenters. The van der Waals surface area contributed by atoms with Crippen molar-refractivity contribution in [2.75, 3.05) is 52.4 Å². The van der Waals surface area contributed by atoms with E-state index in [2.05, 4.69) is 14.7 Å².